The molecule has 0 fully saturated rings. The van der Waals surface area contributed by atoms with Crippen molar-refractivity contribution in [3.05, 3.63) is 24.0 Å². The van der Waals surface area contributed by atoms with E-state index in [1.54, 1.807) is 6.33 Å². The Labute approximate surface area is 118 Å². The highest BCUT2D eigenvalue weighted by molar-refractivity contribution is 5.49. The number of anilines is 2. The molecular formula is C13H19N7. The third-order valence-corrected chi connectivity index (χ3v) is 3.47. The van der Waals surface area contributed by atoms with Gasteiger partial charge in [0.15, 0.2) is 5.82 Å². The van der Waals surface area contributed by atoms with Gasteiger partial charge in [-0.05, 0) is 0 Å². The van der Waals surface area contributed by atoms with Crippen molar-refractivity contribution in [1.82, 2.24) is 24.7 Å². The molecule has 0 aliphatic carbocycles. The first-order valence-corrected chi connectivity index (χ1v) is 6.85. The van der Waals surface area contributed by atoms with Crippen LogP contribution in [-0.2, 0) is 13.1 Å². The highest BCUT2D eigenvalue weighted by atomic mass is 15.3. The second kappa shape index (κ2) is 5.07. The van der Waals surface area contributed by atoms with Crippen LogP contribution in [0.3, 0.4) is 0 Å². The summed E-state index contributed by atoms with van der Waals surface area (Å²) in [6.45, 7) is 6.73. The number of hydrogen-bond donors (Lipinski definition) is 1. The maximum absolute atomic E-state index is 4.68. The fraction of sp³-hybridized carbons (Fsp3) is 0.538. The third-order valence-electron chi connectivity index (χ3n) is 3.47. The third kappa shape index (κ3) is 2.31. The van der Waals surface area contributed by atoms with Gasteiger partial charge in [-0.2, -0.15) is 0 Å². The number of hydrogen-bond acceptors (Lipinski definition) is 6. The number of fused-ring (bicyclic) bond motifs is 1. The van der Waals surface area contributed by atoms with E-state index in [4.69, 9.17) is 0 Å². The van der Waals surface area contributed by atoms with Crippen molar-refractivity contribution in [2.24, 2.45) is 0 Å². The molecule has 0 radical (unpaired) electrons. The first-order chi connectivity index (χ1) is 9.67. The maximum Gasteiger partial charge on any atom is 0.152 e. The van der Waals surface area contributed by atoms with Crippen LogP contribution in [0.15, 0.2) is 12.4 Å². The molecule has 0 saturated carbocycles. The molecule has 7 heteroatoms. The molecule has 1 N–H and O–H groups in total. The Morgan fingerprint density at radius 3 is 2.85 bits per heavy atom. The zero-order valence-electron chi connectivity index (χ0n) is 12.0. The van der Waals surface area contributed by atoms with Gasteiger partial charge in [0, 0.05) is 32.1 Å². The Hall–Kier alpha value is -2.18. The molecule has 0 saturated heterocycles. The van der Waals surface area contributed by atoms with Crippen molar-refractivity contribution in [2.75, 3.05) is 23.8 Å². The quantitative estimate of drug-likeness (QED) is 0.907. The van der Waals surface area contributed by atoms with E-state index in [2.05, 4.69) is 48.8 Å². The summed E-state index contributed by atoms with van der Waals surface area (Å²) in [4.78, 5) is 11.4. The number of nitrogens with zero attached hydrogens (tertiary/aromatic N) is 6. The lowest BCUT2D eigenvalue weighted by Gasteiger charge is -2.28. The molecule has 1 aliphatic rings. The highest BCUT2D eigenvalue weighted by Crippen LogP contribution is 2.22. The van der Waals surface area contributed by atoms with Gasteiger partial charge in [0.2, 0.25) is 0 Å². The molecule has 0 atom stereocenters. The lowest BCUT2D eigenvalue weighted by Crippen LogP contribution is -2.34. The topological polar surface area (TPSA) is 71.8 Å². The van der Waals surface area contributed by atoms with Gasteiger partial charge >= 0.3 is 0 Å². The molecule has 3 rings (SSSR count). The Morgan fingerprint density at radius 1 is 1.25 bits per heavy atom. The van der Waals surface area contributed by atoms with Gasteiger partial charge in [0.05, 0.1) is 6.54 Å². The van der Waals surface area contributed by atoms with Crippen molar-refractivity contribution in [1.29, 1.82) is 0 Å². The van der Waals surface area contributed by atoms with Crippen LogP contribution < -0.4 is 10.2 Å². The Bertz CT molecular complexity index is 605. The Morgan fingerprint density at radius 2 is 2.10 bits per heavy atom. The molecule has 3 heterocycles. The van der Waals surface area contributed by atoms with Crippen LogP contribution in [0, 0.1) is 0 Å². The summed E-state index contributed by atoms with van der Waals surface area (Å²) in [6, 6.07) is 1.98. The largest absolute Gasteiger partial charge is 0.373 e. The summed E-state index contributed by atoms with van der Waals surface area (Å²) in [6.07, 6.45) is 1.78. The van der Waals surface area contributed by atoms with E-state index in [0.29, 0.717) is 5.92 Å². The van der Waals surface area contributed by atoms with Crippen LogP contribution in [0.4, 0.5) is 11.6 Å². The van der Waals surface area contributed by atoms with Gasteiger partial charge in [-0.1, -0.05) is 13.8 Å². The smallest absolute Gasteiger partial charge is 0.152 e. The SMILES string of the molecule is CNc1cc(N2CCn3cnnc3C2)nc(C(C)C)n1. The normalized spacial score (nSPS) is 14.5. The summed E-state index contributed by atoms with van der Waals surface area (Å²) in [7, 11) is 1.88. The number of aromatic nitrogens is 5. The van der Waals surface area contributed by atoms with Crippen molar-refractivity contribution in [3.8, 4) is 0 Å². The molecule has 0 aromatic carbocycles. The molecule has 7 nitrogen and oxygen atoms in total. The van der Waals surface area contributed by atoms with Crippen LogP contribution in [0.5, 0.6) is 0 Å². The van der Waals surface area contributed by atoms with E-state index >= 15 is 0 Å². The van der Waals surface area contributed by atoms with Crippen LogP contribution in [0.25, 0.3) is 0 Å². The summed E-state index contributed by atoms with van der Waals surface area (Å²) in [5.74, 6) is 3.94. The zero-order valence-corrected chi connectivity index (χ0v) is 12.0. The summed E-state index contributed by atoms with van der Waals surface area (Å²) in [5, 5.41) is 11.2. The van der Waals surface area contributed by atoms with E-state index in [1.807, 2.05) is 13.1 Å². The first-order valence-electron chi connectivity index (χ1n) is 6.85. The Kier molecular flexibility index (Phi) is 3.25. The van der Waals surface area contributed by atoms with Crippen LogP contribution in [0.1, 0.15) is 31.4 Å². The van der Waals surface area contributed by atoms with E-state index < -0.39 is 0 Å². The summed E-state index contributed by atoms with van der Waals surface area (Å²) >= 11 is 0. The lowest BCUT2D eigenvalue weighted by molar-refractivity contribution is 0.554. The second-order valence-corrected chi connectivity index (χ2v) is 5.24. The average molecular weight is 273 g/mol. The average Bonchev–Trinajstić information content (AvgIpc) is 2.94. The summed E-state index contributed by atoms with van der Waals surface area (Å²) < 4.78 is 2.08. The van der Waals surface area contributed by atoms with Gasteiger partial charge in [-0.3, -0.25) is 0 Å². The molecule has 0 spiro atoms. The van der Waals surface area contributed by atoms with Crippen LogP contribution >= 0.6 is 0 Å². The molecule has 2 aromatic heterocycles. The van der Waals surface area contributed by atoms with Crippen LogP contribution in [0.2, 0.25) is 0 Å². The van der Waals surface area contributed by atoms with Crippen LogP contribution in [-0.4, -0.2) is 38.3 Å². The monoisotopic (exact) mass is 273 g/mol. The Balaban J connectivity index is 1.92. The van der Waals surface area contributed by atoms with E-state index in [0.717, 1.165) is 42.9 Å². The van der Waals surface area contributed by atoms with Gasteiger partial charge in [0.25, 0.3) is 0 Å². The molecule has 20 heavy (non-hydrogen) atoms. The van der Waals surface area contributed by atoms with Gasteiger partial charge in [0.1, 0.15) is 23.8 Å². The fourth-order valence-corrected chi connectivity index (χ4v) is 2.26. The standard InChI is InChI=1S/C13H19N7/c1-9(2)13-16-10(14-3)6-11(17-13)19-4-5-20-8-15-18-12(20)7-19/h6,8-9H,4-5,7H2,1-3H3,(H,14,16,17). The molecular weight excluding hydrogens is 254 g/mol. The fourth-order valence-electron chi connectivity index (χ4n) is 2.26. The predicted octanol–water partition coefficient (Wildman–Crippen LogP) is 1.25. The minimum Gasteiger partial charge on any atom is -0.373 e. The first kappa shape index (κ1) is 12.8. The van der Waals surface area contributed by atoms with E-state index in [-0.39, 0.29) is 0 Å². The number of rotatable bonds is 3. The number of nitrogens with one attached hydrogen (secondary N) is 1. The summed E-state index contributed by atoms with van der Waals surface area (Å²) in [5.41, 5.74) is 0. The van der Waals surface area contributed by atoms with E-state index in [1.165, 1.54) is 0 Å². The molecule has 0 amide bonds. The molecule has 0 bridgehead atoms. The predicted molar refractivity (Wildman–Crippen MR) is 76.7 cm³/mol. The van der Waals surface area contributed by atoms with Gasteiger partial charge in [-0.25, -0.2) is 9.97 Å². The molecule has 1 aliphatic heterocycles. The van der Waals surface area contributed by atoms with Gasteiger partial charge in [-0.15, -0.1) is 10.2 Å². The lowest BCUT2D eigenvalue weighted by atomic mass is 10.2. The van der Waals surface area contributed by atoms with Crippen molar-refractivity contribution >= 4 is 11.6 Å². The minimum absolute atomic E-state index is 0.301. The van der Waals surface area contributed by atoms with Gasteiger partial charge < -0.3 is 14.8 Å². The van der Waals surface area contributed by atoms with Crippen molar-refractivity contribution in [3.63, 3.8) is 0 Å². The molecule has 2 aromatic rings. The van der Waals surface area contributed by atoms with Crippen molar-refractivity contribution in [2.45, 2.75) is 32.9 Å². The zero-order chi connectivity index (χ0) is 14.1. The van der Waals surface area contributed by atoms with Crippen molar-refractivity contribution < 1.29 is 0 Å². The molecule has 106 valence electrons. The highest BCUT2D eigenvalue weighted by Gasteiger charge is 2.20. The maximum atomic E-state index is 4.68. The second-order valence-electron chi connectivity index (χ2n) is 5.24. The molecule has 0 unspecified atom stereocenters. The van der Waals surface area contributed by atoms with E-state index in [9.17, 15) is 0 Å². The minimum atomic E-state index is 0.301.